The van der Waals surface area contributed by atoms with E-state index in [9.17, 15) is 0 Å². The van der Waals surface area contributed by atoms with Crippen LogP contribution in [0.5, 0.6) is 0 Å². The van der Waals surface area contributed by atoms with Crippen molar-refractivity contribution in [2.45, 2.75) is 30.7 Å². The molecule has 2 fully saturated rings. The van der Waals surface area contributed by atoms with Gasteiger partial charge in [-0.25, -0.2) is 0 Å². The monoisotopic (exact) mass is 251 g/mol. The highest BCUT2D eigenvalue weighted by atomic mass is 79.9. The summed E-state index contributed by atoms with van der Waals surface area (Å²) >= 11 is 3.60. The summed E-state index contributed by atoms with van der Waals surface area (Å²) in [5, 5.41) is 0. The maximum Gasteiger partial charge on any atom is 0.0260 e. The molecule has 1 aromatic carbocycles. The minimum absolute atomic E-state index is 0.143. The molecule has 2 heteroatoms. The number of benzene rings is 1. The fraction of sp³-hybridized carbons (Fsp3) is 0.500. The normalized spacial score (nSPS) is 35.7. The van der Waals surface area contributed by atoms with Gasteiger partial charge in [0.05, 0.1) is 0 Å². The number of halogens is 1. The zero-order chi connectivity index (χ0) is 9.76. The summed E-state index contributed by atoms with van der Waals surface area (Å²) < 4.78 is 1.22. The van der Waals surface area contributed by atoms with Crippen LogP contribution in [0.2, 0.25) is 0 Å². The van der Waals surface area contributed by atoms with Crippen molar-refractivity contribution in [1.29, 1.82) is 0 Å². The van der Waals surface area contributed by atoms with Gasteiger partial charge in [0.15, 0.2) is 0 Å². The van der Waals surface area contributed by atoms with E-state index in [1.165, 1.54) is 29.3 Å². The lowest BCUT2D eigenvalue weighted by molar-refractivity contribution is 0.567. The fourth-order valence-corrected chi connectivity index (χ4v) is 3.08. The van der Waals surface area contributed by atoms with Crippen molar-refractivity contribution in [3.8, 4) is 0 Å². The van der Waals surface area contributed by atoms with Gasteiger partial charge in [-0.1, -0.05) is 34.1 Å². The Labute approximate surface area is 92.8 Å². The smallest absolute Gasteiger partial charge is 0.0260 e. The summed E-state index contributed by atoms with van der Waals surface area (Å²) in [7, 11) is 0. The number of hydrogen-bond donors (Lipinski definition) is 1. The molecule has 74 valence electrons. The molecule has 2 aliphatic carbocycles. The molecule has 0 heterocycles. The van der Waals surface area contributed by atoms with Crippen LogP contribution in [0.4, 0.5) is 0 Å². The van der Waals surface area contributed by atoms with E-state index in [-0.39, 0.29) is 5.54 Å². The van der Waals surface area contributed by atoms with Gasteiger partial charge in [-0.15, -0.1) is 0 Å². The van der Waals surface area contributed by atoms with Gasteiger partial charge in [0.1, 0.15) is 0 Å². The van der Waals surface area contributed by atoms with Gasteiger partial charge in [-0.05, 0) is 36.8 Å². The van der Waals surface area contributed by atoms with Gasteiger partial charge in [0, 0.05) is 15.9 Å². The summed E-state index contributed by atoms with van der Waals surface area (Å²) in [6.45, 7) is 0. The van der Waals surface area contributed by atoms with Crippen LogP contribution >= 0.6 is 15.9 Å². The highest BCUT2D eigenvalue weighted by molar-refractivity contribution is 9.10. The molecule has 1 nitrogen and oxygen atoms in total. The molecule has 14 heavy (non-hydrogen) atoms. The minimum atomic E-state index is 0.143. The van der Waals surface area contributed by atoms with Crippen molar-refractivity contribution in [3.05, 3.63) is 34.3 Å². The number of hydrogen-bond acceptors (Lipinski definition) is 1. The second-order valence-corrected chi connectivity index (χ2v) is 5.52. The Bertz CT molecular complexity index is 372. The first-order chi connectivity index (χ1) is 6.72. The third kappa shape index (κ3) is 1.24. The SMILES string of the molecule is NC1(C2CC2)CC1c1ccccc1Br. The Kier molecular flexibility index (Phi) is 1.80. The lowest BCUT2D eigenvalue weighted by Crippen LogP contribution is -2.26. The molecule has 0 spiro atoms. The van der Waals surface area contributed by atoms with Gasteiger partial charge in [-0.2, -0.15) is 0 Å². The highest BCUT2D eigenvalue weighted by Gasteiger charge is 2.60. The largest absolute Gasteiger partial charge is 0.324 e. The van der Waals surface area contributed by atoms with Crippen LogP contribution in [-0.4, -0.2) is 5.54 Å². The van der Waals surface area contributed by atoms with E-state index >= 15 is 0 Å². The van der Waals surface area contributed by atoms with Crippen LogP contribution in [0, 0.1) is 5.92 Å². The van der Waals surface area contributed by atoms with Crippen LogP contribution in [0.1, 0.15) is 30.7 Å². The fourth-order valence-electron chi connectivity index (χ4n) is 2.52. The quantitative estimate of drug-likeness (QED) is 0.860. The molecule has 1 aromatic rings. The van der Waals surface area contributed by atoms with Crippen molar-refractivity contribution in [2.24, 2.45) is 11.7 Å². The first kappa shape index (κ1) is 8.93. The Balaban J connectivity index is 1.88. The third-order valence-electron chi connectivity index (χ3n) is 3.66. The van der Waals surface area contributed by atoms with Crippen LogP contribution in [0.3, 0.4) is 0 Å². The van der Waals surface area contributed by atoms with Crippen molar-refractivity contribution >= 4 is 15.9 Å². The Morgan fingerprint density at radius 1 is 1.29 bits per heavy atom. The molecule has 0 radical (unpaired) electrons. The summed E-state index contributed by atoms with van der Waals surface area (Å²) in [5.41, 5.74) is 7.92. The molecular formula is C12H14BrN. The van der Waals surface area contributed by atoms with E-state index in [1.54, 1.807) is 0 Å². The van der Waals surface area contributed by atoms with Gasteiger partial charge in [0.25, 0.3) is 0 Å². The second kappa shape index (κ2) is 2.83. The minimum Gasteiger partial charge on any atom is -0.324 e. The Hall–Kier alpha value is -0.340. The topological polar surface area (TPSA) is 26.0 Å². The van der Waals surface area contributed by atoms with E-state index in [0.717, 1.165) is 5.92 Å². The van der Waals surface area contributed by atoms with Crippen LogP contribution in [0.15, 0.2) is 28.7 Å². The van der Waals surface area contributed by atoms with Crippen molar-refractivity contribution in [1.82, 2.24) is 0 Å². The predicted octanol–water partition coefficient (Wildman–Crippen LogP) is 3.04. The van der Waals surface area contributed by atoms with Gasteiger partial charge in [-0.3, -0.25) is 0 Å². The maximum absolute atomic E-state index is 6.38. The first-order valence-electron chi connectivity index (χ1n) is 5.25. The average molecular weight is 252 g/mol. The zero-order valence-electron chi connectivity index (χ0n) is 8.04. The van der Waals surface area contributed by atoms with Gasteiger partial charge >= 0.3 is 0 Å². The van der Waals surface area contributed by atoms with E-state index in [4.69, 9.17) is 5.73 Å². The lowest BCUT2D eigenvalue weighted by atomic mass is 10.0. The number of nitrogens with two attached hydrogens (primary N) is 1. The van der Waals surface area contributed by atoms with E-state index < -0.39 is 0 Å². The number of rotatable bonds is 2. The molecule has 0 bridgehead atoms. The van der Waals surface area contributed by atoms with E-state index in [0.29, 0.717) is 5.92 Å². The van der Waals surface area contributed by atoms with Crippen molar-refractivity contribution in [3.63, 3.8) is 0 Å². The summed E-state index contributed by atoms with van der Waals surface area (Å²) in [4.78, 5) is 0. The van der Waals surface area contributed by atoms with Crippen molar-refractivity contribution in [2.75, 3.05) is 0 Å². The third-order valence-corrected chi connectivity index (χ3v) is 4.39. The molecule has 2 saturated carbocycles. The van der Waals surface area contributed by atoms with Gasteiger partial charge < -0.3 is 5.73 Å². The lowest BCUT2D eigenvalue weighted by Gasteiger charge is -2.10. The first-order valence-corrected chi connectivity index (χ1v) is 6.04. The molecule has 0 amide bonds. The molecule has 2 N–H and O–H groups in total. The van der Waals surface area contributed by atoms with E-state index in [1.807, 2.05) is 0 Å². The standard InChI is InChI=1S/C12H14BrN/c13-11-4-2-1-3-9(11)10-7-12(10,14)8-5-6-8/h1-4,8,10H,5-7,14H2. The zero-order valence-corrected chi connectivity index (χ0v) is 9.63. The molecule has 3 rings (SSSR count). The molecule has 0 aliphatic heterocycles. The van der Waals surface area contributed by atoms with Crippen LogP contribution < -0.4 is 5.73 Å². The molecule has 2 aliphatic rings. The van der Waals surface area contributed by atoms with Crippen LogP contribution in [-0.2, 0) is 0 Å². The summed E-state index contributed by atoms with van der Waals surface area (Å²) in [5.74, 6) is 1.41. The molecule has 0 saturated heterocycles. The van der Waals surface area contributed by atoms with Crippen molar-refractivity contribution < 1.29 is 0 Å². The Morgan fingerprint density at radius 2 is 2.00 bits per heavy atom. The molecule has 0 aromatic heterocycles. The molecular weight excluding hydrogens is 238 g/mol. The highest BCUT2D eigenvalue weighted by Crippen LogP contribution is 2.61. The van der Waals surface area contributed by atoms with E-state index in [2.05, 4.69) is 40.2 Å². The molecule has 2 atom stereocenters. The predicted molar refractivity (Wildman–Crippen MR) is 61.1 cm³/mol. The van der Waals surface area contributed by atoms with Crippen LogP contribution in [0.25, 0.3) is 0 Å². The molecule has 2 unspecified atom stereocenters. The maximum atomic E-state index is 6.38. The summed E-state index contributed by atoms with van der Waals surface area (Å²) in [6, 6.07) is 8.48. The second-order valence-electron chi connectivity index (χ2n) is 4.66. The Morgan fingerprint density at radius 3 is 2.64 bits per heavy atom. The average Bonchev–Trinajstić information content (AvgIpc) is 2.99. The van der Waals surface area contributed by atoms with Gasteiger partial charge in [0.2, 0.25) is 0 Å². The summed E-state index contributed by atoms with van der Waals surface area (Å²) in [6.07, 6.45) is 3.87.